The van der Waals surface area contributed by atoms with Gasteiger partial charge < -0.3 is 29.7 Å². The van der Waals surface area contributed by atoms with E-state index in [1.54, 1.807) is 25.6 Å². The second-order valence-electron chi connectivity index (χ2n) is 10.7. The lowest BCUT2D eigenvalue weighted by Crippen LogP contribution is -2.44. The summed E-state index contributed by atoms with van der Waals surface area (Å²) in [5, 5.41) is 14.3. The number of nitrogens with one attached hydrogen (secondary N) is 3. The Bertz CT molecular complexity index is 1730. The number of likely N-dealkylation sites (N-methyl/N-ethyl adjacent to an activating group) is 1. The van der Waals surface area contributed by atoms with Gasteiger partial charge in [-0.25, -0.2) is 0 Å². The van der Waals surface area contributed by atoms with E-state index in [-0.39, 0.29) is 5.91 Å². The van der Waals surface area contributed by atoms with Crippen LogP contribution in [0, 0.1) is 0 Å². The molecule has 1 aliphatic rings. The van der Waals surface area contributed by atoms with Crippen LogP contribution in [0.15, 0.2) is 61.1 Å². The second kappa shape index (κ2) is 12.1. The van der Waals surface area contributed by atoms with E-state index in [0.717, 1.165) is 72.6 Å². The molecule has 0 aliphatic carbocycles. The molecule has 0 spiro atoms. The van der Waals surface area contributed by atoms with Crippen molar-refractivity contribution in [1.29, 1.82) is 0 Å². The number of benzene rings is 2. The molecule has 0 radical (unpaired) electrons. The van der Waals surface area contributed by atoms with Gasteiger partial charge in [-0.05, 0) is 49.2 Å². The predicted octanol–water partition coefficient (Wildman–Crippen LogP) is 5.02. The standard InChI is InChI=1S/C32H37N9O2/c1-5-21-8-7-9-22(6-2)28(21)35-31(42)23-12-13-41(20-23)30-25-19-33-38-29(25)36-32(37-30)34-26-11-10-24(18-27(26)43-4)40-16-14-39(3)15-17-40/h7-13,18-20H,5-6,14-17H2,1-4H3,(H,35,42)(H2,33,34,36,37,38). The zero-order valence-corrected chi connectivity index (χ0v) is 25.0. The lowest BCUT2D eigenvalue weighted by molar-refractivity contribution is 0.102. The van der Waals surface area contributed by atoms with E-state index in [2.05, 4.69) is 74.7 Å². The van der Waals surface area contributed by atoms with E-state index in [4.69, 9.17) is 9.72 Å². The number of ether oxygens (including phenoxy) is 1. The Balaban J connectivity index is 1.27. The lowest BCUT2D eigenvalue weighted by atomic mass is 10.0. The molecule has 0 bridgehead atoms. The van der Waals surface area contributed by atoms with Gasteiger partial charge in [0.15, 0.2) is 11.5 Å². The summed E-state index contributed by atoms with van der Waals surface area (Å²) in [5.74, 6) is 1.50. The summed E-state index contributed by atoms with van der Waals surface area (Å²) in [6.45, 7) is 8.17. The van der Waals surface area contributed by atoms with Crippen LogP contribution in [-0.2, 0) is 12.8 Å². The molecule has 11 heteroatoms. The number of amides is 1. The highest BCUT2D eigenvalue weighted by Crippen LogP contribution is 2.33. The largest absolute Gasteiger partial charge is 0.494 e. The summed E-state index contributed by atoms with van der Waals surface area (Å²) in [5.41, 5.74) is 6.09. The number of H-pyrrole nitrogens is 1. The van der Waals surface area contributed by atoms with Crippen molar-refractivity contribution in [2.45, 2.75) is 26.7 Å². The van der Waals surface area contributed by atoms with Crippen LogP contribution in [0.2, 0.25) is 0 Å². The summed E-state index contributed by atoms with van der Waals surface area (Å²) in [6.07, 6.45) is 6.96. The van der Waals surface area contributed by atoms with Crippen LogP contribution in [0.5, 0.6) is 5.75 Å². The van der Waals surface area contributed by atoms with Crippen molar-refractivity contribution in [1.82, 2.24) is 29.6 Å². The zero-order chi connectivity index (χ0) is 29.9. The average molecular weight is 580 g/mol. The first-order chi connectivity index (χ1) is 21.0. The Kier molecular flexibility index (Phi) is 7.97. The number of anilines is 4. The van der Waals surface area contributed by atoms with Gasteiger partial charge in [-0.2, -0.15) is 15.1 Å². The SMILES string of the molecule is CCc1cccc(CC)c1NC(=O)c1ccn(-c2nc(Nc3ccc(N4CCN(C)CC4)cc3OC)nc3[nH]ncc23)c1. The molecule has 4 heterocycles. The molecule has 222 valence electrons. The maximum absolute atomic E-state index is 13.3. The molecular weight excluding hydrogens is 542 g/mol. The van der Waals surface area contributed by atoms with Crippen molar-refractivity contribution in [2.75, 3.05) is 55.9 Å². The molecule has 11 nitrogen and oxygen atoms in total. The summed E-state index contributed by atoms with van der Waals surface area (Å²) in [7, 11) is 3.81. The number of piperazine rings is 1. The number of methoxy groups -OCH3 is 1. The summed E-state index contributed by atoms with van der Waals surface area (Å²) in [4.78, 5) is 27.5. The van der Waals surface area contributed by atoms with Crippen molar-refractivity contribution in [3.8, 4) is 11.6 Å². The first kappa shape index (κ1) is 28.2. The topological polar surface area (TPSA) is 116 Å². The number of aromatic amines is 1. The first-order valence-corrected chi connectivity index (χ1v) is 14.7. The molecular formula is C32H37N9O2. The third-order valence-corrected chi connectivity index (χ3v) is 8.03. The van der Waals surface area contributed by atoms with Gasteiger partial charge in [0.2, 0.25) is 5.95 Å². The van der Waals surface area contributed by atoms with E-state index in [0.29, 0.717) is 28.7 Å². The maximum Gasteiger partial charge on any atom is 0.257 e. The molecule has 3 aromatic heterocycles. The van der Waals surface area contributed by atoms with Crippen LogP contribution in [-0.4, -0.2) is 75.9 Å². The first-order valence-electron chi connectivity index (χ1n) is 14.7. The van der Waals surface area contributed by atoms with Gasteiger partial charge in [-0.1, -0.05) is 32.0 Å². The fourth-order valence-electron chi connectivity index (χ4n) is 5.49. The van der Waals surface area contributed by atoms with E-state index < -0.39 is 0 Å². The van der Waals surface area contributed by atoms with Crippen molar-refractivity contribution in [3.05, 3.63) is 77.7 Å². The highest BCUT2D eigenvalue weighted by molar-refractivity contribution is 6.05. The number of fused-ring (bicyclic) bond motifs is 1. The maximum atomic E-state index is 13.3. The Morgan fingerprint density at radius 3 is 2.51 bits per heavy atom. The predicted molar refractivity (Wildman–Crippen MR) is 170 cm³/mol. The van der Waals surface area contributed by atoms with Crippen LogP contribution in [0.25, 0.3) is 16.9 Å². The smallest absolute Gasteiger partial charge is 0.257 e. The minimum Gasteiger partial charge on any atom is -0.494 e. The quantitative estimate of drug-likeness (QED) is 0.223. The molecule has 0 saturated carbocycles. The highest BCUT2D eigenvalue weighted by atomic mass is 16.5. The number of hydrogen-bond acceptors (Lipinski definition) is 8. The fraction of sp³-hybridized carbons (Fsp3) is 0.312. The van der Waals surface area contributed by atoms with E-state index in [9.17, 15) is 4.79 Å². The van der Waals surface area contributed by atoms with Crippen LogP contribution < -0.4 is 20.3 Å². The third-order valence-electron chi connectivity index (χ3n) is 8.03. The molecule has 1 fully saturated rings. The minimum atomic E-state index is -0.171. The van der Waals surface area contributed by atoms with E-state index in [1.165, 1.54) is 0 Å². The van der Waals surface area contributed by atoms with Crippen LogP contribution >= 0.6 is 0 Å². The van der Waals surface area contributed by atoms with Gasteiger partial charge >= 0.3 is 0 Å². The number of para-hydroxylation sites is 1. The van der Waals surface area contributed by atoms with Gasteiger partial charge in [0.25, 0.3) is 5.91 Å². The molecule has 5 aromatic rings. The second-order valence-corrected chi connectivity index (χ2v) is 10.7. The summed E-state index contributed by atoms with van der Waals surface area (Å²) < 4.78 is 7.56. The van der Waals surface area contributed by atoms with Crippen LogP contribution in [0.3, 0.4) is 0 Å². The van der Waals surface area contributed by atoms with Crippen LogP contribution in [0.1, 0.15) is 35.3 Å². The molecule has 3 N–H and O–H groups in total. The molecule has 6 rings (SSSR count). The molecule has 43 heavy (non-hydrogen) atoms. The van der Waals surface area contributed by atoms with Gasteiger partial charge in [0.1, 0.15) is 5.75 Å². The van der Waals surface area contributed by atoms with Gasteiger partial charge in [0, 0.05) is 56.0 Å². The third kappa shape index (κ3) is 5.76. The van der Waals surface area contributed by atoms with E-state index >= 15 is 0 Å². The van der Waals surface area contributed by atoms with Crippen molar-refractivity contribution < 1.29 is 9.53 Å². The molecule has 1 aliphatic heterocycles. The zero-order valence-electron chi connectivity index (χ0n) is 25.0. The monoisotopic (exact) mass is 579 g/mol. The average Bonchev–Trinajstić information content (AvgIpc) is 3.72. The van der Waals surface area contributed by atoms with Crippen molar-refractivity contribution >= 4 is 40.0 Å². The number of aromatic nitrogens is 5. The number of nitrogens with zero attached hydrogens (tertiary/aromatic N) is 6. The molecule has 2 aromatic carbocycles. The number of hydrogen-bond donors (Lipinski definition) is 3. The normalized spacial score (nSPS) is 13.8. The lowest BCUT2D eigenvalue weighted by Gasteiger charge is -2.34. The van der Waals surface area contributed by atoms with Gasteiger partial charge in [-0.3, -0.25) is 9.89 Å². The highest BCUT2D eigenvalue weighted by Gasteiger charge is 2.19. The number of carbonyl (C=O) groups excluding carboxylic acids is 1. The Morgan fingerprint density at radius 2 is 1.79 bits per heavy atom. The van der Waals surface area contributed by atoms with E-state index in [1.807, 2.05) is 29.0 Å². The molecule has 0 atom stereocenters. The molecule has 1 amide bonds. The van der Waals surface area contributed by atoms with Crippen LogP contribution in [0.4, 0.5) is 23.0 Å². The summed E-state index contributed by atoms with van der Waals surface area (Å²) >= 11 is 0. The van der Waals surface area contributed by atoms with Gasteiger partial charge in [0.05, 0.1) is 29.9 Å². The minimum absolute atomic E-state index is 0.171. The van der Waals surface area contributed by atoms with Crippen molar-refractivity contribution in [2.24, 2.45) is 0 Å². The fourth-order valence-corrected chi connectivity index (χ4v) is 5.49. The Labute approximate surface area is 250 Å². The number of rotatable bonds is 9. The van der Waals surface area contributed by atoms with Gasteiger partial charge in [-0.15, -0.1) is 0 Å². The number of carbonyl (C=O) groups is 1. The molecule has 1 saturated heterocycles. The Hall–Kier alpha value is -4.90. The summed E-state index contributed by atoms with van der Waals surface area (Å²) in [6, 6.07) is 14.1. The Morgan fingerprint density at radius 1 is 1.02 bits per heavy atom. The number of aryl methyl sites for hydroxylation is 2. The molecule has 0 unspecified atom stereocenters. The van der Waals surface area contributed by atoms with Crippen molar-refractivity contribution in [3.63, 3.8) is 0 Å².